The Kier molecular flexibility index (Phi) is 13.1. The lowest BCUT2D eigenvalue weighted by Gasteiger charge is -2.03. The molecule has 0 amide bonds. The van der Waals surface area contributed by atoms with Crippen LogP contribution in [0, 0.1) is 12.3 Å². The van der Waals surface area contributed by atoms with Gasteiger partial charge in [-0.15, -0.1) is 34.2 Å². The van der Waals surface area contributed by atoms with E-state index in [0.717, 1.165) is 19.4 Å². The summed E-state index contributed by atoms with van der Waals surface area (Å²) in [6, 6.07) is 0. The Hall–Kier alpha value is -3.06. The summed E-state index contributed by atoms with van der Waals surface area (Å²) < 4.78 is 12.6. The minimum absolute atomic E-state index is 0.112. The van der Waals surface area contributed by atoms with Crippen LogP contribution in [-0.4, -0.2) is 67.5 Å². The first-order valence-electron chi connectivity index (χ1n) is 10.8. The van der Waals surface area contributed by atoms with Gasteiger partial charge in [0.15, 0.2) is 13.7 Å². The lowest BCUT2D eigenvalue weighted by molar-refractivity contribution is -0.141. The van der Waals surface area contributed by atoms with Crippen LogP contribution in [0.25, 0.3) is 17.7 Å². The van der Waals surface area contributed by atoms with Crippen molar-refractivity contribution in [3.8, 4) is 23.9 Å². The fourth-order valence-corrected chi connectivity index (χ4v) is 4.25. The molecular formula is C23H23Br2N7O4S2. The predicted molar refractivity (Wildman–Crippen MR) is 155 cm³/mol. The van der Waals surface area contributed by atoms with Gasteiger partial charge in [0.1, 0.15) is 17.7 Å². The molecule has 0 saturated carbocycles. The number of carbonyl (C=O) groups excluding carboxylic acids is 2. The average Bonchev–Trinajstić information content (AvgIpc) is 3.65. The van der Waals surface area contributed by atoms with Crippen molar-refractivity contribution in [1.29, 1.82) is 0 Å². The van der Waals surface area contributed by atoms with Crippen LogP contribution in [0.3, 0.4) is 0 Å². The minimum atomic E-state index is -0.597. The van der Waals surface area contributed by atoms with Gasteiger partial charge in [-0.05, 0) is 59.6 Å². The van der Waals surface area contributed by atoms with E-state index in [9.17, 15) is 9.59 Å². The Balaban J connectivity index is 0.000000225. The van der Waals surface area contributed by atoms with Crippen molar-refractivity contribution in [2.75, 3.05) is 6.54 Å². The highest BCUT2D eigenvalue weighted by Crippen LogP contribution is 2.22. The summed E-state index contributed by atoms with van der Waals surface area (Å²) in [7, 11) is 0. The quantitative estimate of drug-likeness (QED) is 0.155. The van der Waals surface area contributed by atoms with E-state index in [2.05, 4.69) is 66.6 Å². The predicted octanol–water partition coefficient (Wildman–Crippen LogP) is 4.89. The summed E-state index contributed by atoms with van der Waals surface area (Å²) in [5.74, 6) is 2.07. The van der Waals surface area contributed by atoms with Gasteiger partial charge in [0.25, 0.3) is 0 Å². The highest BCUT2D eigenvalue weighted by atomic mass is 79.9. The molecule has 4 heterocycles. The summed E-state index contributed by atoms with van der Waals surface area (Å²) in [6.07, 6.45) is 10.5. The first kappa shape index (κ1) is 31.2. The molecule has 0 radical (unpaired) electrons. The van der Waals surface area contributed by atoms with Crippen molar-refractivity contribution >= 4 is 84.7 Å². The van der Waals surface area contributed by atoms with Crippen LogP contribution in [0.15, 0.2) is 41.0 Å². The molecule has 11 nitrogen and oxygen atoms in total. The third-order valence-electron chi connectivity index (χ3n) is 3.63. The fraction of sp³-hybridized carbons (Fsp3) is 0.304. The first-order chi connectivity index (χ1) is 18.1. The van der Waals surface area contributed by atoms with Crippen molar-refractivity contribution in [2.45, 2.75) is 39.9 Å². The Morgan fingerprint density at radius 2 is 1.71 bits per heavy atom. The van der Waals surface area contributed by atoms with Crippen molar-refractivity contribution in [1.82, 2.24) is 24.7 Å². The van der Waals surface area contributed by atoms with E-state index in [1.165, 1.54) is 34.6 Å². The molecule has 3 aromatic heterocycles. The first-order valence-corrected chi connectivity index (χ1v) is 14.2. The Morgan fingerprint density at radius 1 is 1.08 bits per heavy atom. The van der Waals surface area contributed by atoms with E-state index >= 15 is 0 Å². The zero-order chi connectivity index (χ0) is 28.1. The number of hydrogen-bond donors (Lipinski definition) is 0. The van der Waals surface area contributed by atoms with Crippen molar-refractivity contribution in [3.63, 3.8) is 0 Å². The number of aromatic nitrogens is 5. The molecule has 1 aliphatic rings. The number of amidine groups is 1. The number of carbonyl (C=O) groups is 2. The standard InChI is InChI=1S/C11H11BrN4O2S.C6H4BrN3S.C6H8O2/c1-7(2)18-9(17)3-4-16-6-13-10(15-16)8-5-19-11(12)14-8;7-6-10-4(3-11-6)5-8-1-2-9-5;1-4-6(7)8-5(2)3/h3-7H,1-2H3;1,3H,2H2;1,5H,2-3H3/b4-3-;;. The molecule has 4 rings (SSSR count). The van der Waals surface area contributed by atoms with Gasteiger partial charge in [-0.25, -0.2) is 34.2 Å². The second kappa shape index (κ2) is 16.0. The van der Waals surface area contributed by atoms with E-state index in [0.29, 0.717) is 18.1 Å². The van der Waals surface area contributed by atoms with Crippen LogP contribution in [0.1, 0.15) is 33.4 Å². The van der Waals surface area contributed by atoms with Gasteiger partial charge in [0, 0.05) is 35.2 Å². The largest absolute Gasteiger partial charge is 0.460 e. The van der Waals surface area contributed by atoms with Crippen molar-refractivity contribution in [3.05, 3.63) is 36.7 Å². The van der Waals surface area contributed by atoms with Crippen molar-refractivity contribution < 1.29 is 19.1 Å². The van der Waals surface area contributed by atoms with Gasteiger partial charge in [0.05, 0.1) is 18.8 Å². The van der Waals surface area contributed by atoms with Gasteiger partial charge in [-0.3, -0.25) is 4.99 Å². The Labute approximate surface area is 244 Å². The van der Waals surface area contributed by atoms with E-state index in [-0.39, 0.29) is 12.2 Å². The van der Waals surface area contributed by atoms with Crippen LogP contribution >= 0.6 is 54.5 Å². The second-order valence-corrected chi connectivity index (χ2v) is 11.7. The smallest absolute Gasteiger partial charge is 0.384 e. The zero-order valence-corrected chi connectivity index (χ0v) is 25.5. The molecule has 0 saturated heterocycles. The van der Waals surface area contributed by atoms with Gasteiger partial charge in [-0.2, -0.15) is 0 Å². The highest BCUT2D eigenvalue weighted by molar-refractivity contribution is 9.11. The Bertz CT molecular complexity index is 1350. The molecule has 0 bridgehead atoms. The molecule has 200 valence electrons. The number of terminal acetylenes is 1. The molecule has 38 heavy (non-hydrogen) atoms. The monoisotopic (exact) mass is 683 g/mol. The van der Waals surface area contributed by atoms with Gasteiger partial charge < -0.3 is 9.47 Å². The molecular weight excluding hydrogens is 662 g/mol. The minimum Gasteiger partial charge on any atom is -0.460 e. The summed E-state index contributed by atoms with van der Waals surface area (Å²) in [5.41, 5.74) is 1.55. The number of ether oxygens (including phenoxy) is 2. The summed E-state index contributed by atoms with van der Waals surface area (Å²) in [4.78, 5) is 42.2. The third-order valence-corrected chi connectivity index (χ3v) is 6.36. The molecule has 0 unspecified atom stereocenters. The van der Waals surface area contributed by atoms with E-state index < -0.39 is 11.9 Å². The molecule has 3 aromatic rings. The molecule has 0 aliphatic carbocycles. The number of thiazole rings is 2. The summed E-state index contributed by atoms with van der Waals surface area (Å²) >= 11 is 9.56. The maximum absolute atomic E-state index is 11.3. The number of nitrogens with zero attached hydrogens (tertiary/aromatic N) is 7. The van der Waals surface area contributed by atoms with E-state index in [1.54, 1.807) is 45.2 Å². The van der Waals surface area contributed by atoms with Crippen LogP contribution in [0.4, 0.5) is 0 Å². The summed E-state index contributed by atoms with van der Waals surface area (Å²) in [5, 5.41) is 7.96. The van der Waals surface area contributed by atoms with Gasteiger partial charge in [0.2, 0.25) is 5.82 Å². The maximum Gasteiger partial charge on any atom is 0.384 e. The SMILES string of the molecule is Brc1nc(C2=NCC=N2)cs1.C#CC(=O)OC(C)C.CC(C)OC(=O)/C=C\n1cnc(-c2csc(Br)n2)n1. The highest BCUT2D eigenvalue weighted by Gasteiger charge is 2.09. The molecule has 15 heteroatoms. The lowest BCUT2D eigenvalue weighted by atomic mass is 10.5. The average molecular weight is 685 g/mol. The number of halogens is 2. The number of hydrogen-bond acceptors (Lipinski definition) is 12. The topological polar surface area (TPSA) is 134 Å². The molecule has 0 N–H and O–H groups in total. The molecule has 0 spiro atoms. The fourth-order valence-electron chi connectivity index (χ4n) is 2.27. The molecule has 0 aromatic carbocycles. The molecule has 0 fully saturated rings. The van der Waals surface area contributed by atoms with Crippen LogP contribution in [0.2, 0.25) is 0 Å². The number of esters is 2. The second-order valence-electron chi connectivity index (χ2n) is 7.40. The Morgan fingerprint density at radius 3 is 2.18 bits per heavy atom. The van der Waals surface area contributed by atoms with Crippen LogP contribution in [-0.2, 0) is 19.1 Å². The van der Waals surface area contributed by atoms with Crippen LogP contribution in [0.5, 0.6) is 0 Å². The molecule has 1 aliphatic heterocycles. The van der Waals surface area contributed by atoms with Gasteiger partial charge >= 0.3 is 11.9 Å². The molecule has 0 atom stereocenters. The van der Waals surface area contributed by atoms with E-state index in [4.69, 9.17) is 11.2 Å². The number of aliphatic imine (C=N–C) groups is 2. The maximum atomic E-state index is 11.3. The summed E-state index contributed by atoms with van der Waals surface area (Å²) in [6.45, 7) is 7.76. The normalized spacial score (nSPS) is 11.9. The van der Waals surface area contributed by atoms with Crippen molar-refractivity contribution in [2.24, 2.45) is 9.98 Å². The lowest BCUT2D eigenvalue weighted by Crippen LogP contribution is -2.08. The third kappa shape index (κ3) is 11.5. The zero-order valence-electron chi connectivity index (χ0n) is 20.7. The number of rotatable bonds is 6. The van der Waals surface area contributed by atoms with Gasteiger partial charge in [-0.1, -0.05) is 0 Å². The van der Waals surface area contributed by atoms with Crippen LogP contribution < -0.4 is 0 Å². The van der Waals surface area contributed by atoms with E-state index in [1.807, 2.05) is 16.7 Å².